The van der Waals surface area contributed by atoms with Gasteiger partial charge in [0.05, 0.1) is 16.4 Å². The van der Waals surface area contributed by atoms with E-state index in [1.165, 1.54) is 6.07 Å². The molecule has 0 saturated heterocycles. The summed E-state index contributed by atoms with van der Waals surface area (Å²) in [7, 11) is 0. The highest BCUT2D eigenvalue weighted by atomic mass is 16.6. The molecule has 2 aliphatic rings. The summed E-state index contributed by atoms with van der Waals surface area (Å²) in [4.78, 5) is 37.4. The van der Waals surface area contributed by atoms with Crippen molar-refractivity contribution in [3.05, 3.63) is 92.8 Å². The molecule has 4 rings (SSSR count). The number of rotatable bonds is 7. The molecule has 1 unspecified atom stereocenters. The molecule has 1 N–H and O–H groups in total. The average molecular weight is 448 g/mol. The van der Waals surface area contributed by atoms with E-state index in [0.717, 1.165) is 5.70 Å². The van der Waals surface area contributed by atoms with Crippen molar-refractivity contribution in [2.75, 3.05) is 13.2 Å². The lowest BCUT2D eigenvalue weighted by Crippen LogP contribution is -2.35. The first-order valence-electron chi connectivity index (χ1n) is 10.8. The predicted octanol–water partition coefficient (Wildman–Crippen LogP) is 4.18. The molecule has 0 aromatic heterocycles. The molecule has 0 bridgehead atoms. The van der Waals surface area contributed by atoms with Crippen LogP contribution in [-0.4, -0.2) is 29.9 Å². The van der Waals surface area contributed by atoms with Crippen LogP contribution in [0.5, 0.6) is 5.75 Å². The van der Waals surface area contributed by atoms with Crippen LogP contribution in [0.3, 0.4) is 0 Å². The minimum absolute atomic E-state index is 0.00599. The van der Waals surface area contributed by atoms with Crippen LogP contribution < -0.4 is 10.1 Å². The number of nitrogens with zero attached hydrogens (tertiary/aromatic N) is 1. The van der Waals surface area contributed by atoms with Gasteiger partial charge in [0.2, 0.25) is 0 Å². The molecule has 1 atom stereocenters. The number of para-hydroxylation sites is 2. The highest BCUT2D eigenvalue weighted by Crippen LogP contribution is 2.45. The van der Waals surface area contributed by atoms with Crippen LogP contribution in [0.2, 0.25) is 0 Å². The lowest BCUT2D eigenvalue weighted by atomic mass is 9.75. The normalized spacial score (nSPS) is 17.8. The molecular weight excluding hydrogens is 424 g/mol. The fraction of sp³-hybridized carbons (Fsp3) is 0.280. The van der Waals surface area contributed by atoms with E-state index >= 15 is 0 Å². The summed E-state index contributed by atoms with van der Waals surface area (Å²) in [5.41, 5.74) is 2.03. The zero-order valence-electron chi connectivity index (χ0n) is 18.2. The highest BCUT2D eigenvalue weighted by molar-refractivity contribution is 6.04. The van der Waals surface area contributed by atoms with E-state index in [2.05, 4.69) is 5.32 Å². The molecule has 2 aromatic carbocycles. The second-order valence-electron chi connectivity index (χ2n) is 7.88. The van der Waals surface area contributed by atoms with Crippen LogP contribution in [0.4, 0.5) is 5.69 Å². The summed E-state index contributed by atoms with van der Waals surface area (Å²) in [6.07, 6.45) is 1.67. The Morgan fingerprint density at radius 3 is 2.58 bits per heavy atom. The summed E-state index contributed by atoms with van der Waals surface area (Å²) in [6, 6.07) is 15.4. The molecule has 0 spiro atoms. The molecular formula is C25H24N2O6. The van der Waals surface area contributed by atoms with E-state index in [-0.39, 0.29) is 30.3 Å². The number of allylic oxidation sites excluding steroid dienone is 3. The van der Waals surface area contributed by atoms with Gasteiger partial charge in [0.15, 0.2) is 5.78 Å². The van der Waals surface area contributed by atoms with Gasteiger partial charge < -0.3 is 14.8 Å². The Kier molecular flexibility index (Phi) is 6.53. The SMILES string of the molecule is CC1=C(C(=O)OCCOc2ccccc2)C(c2ccccc2[N+](=O)[O-])C2=C(CCCC2=O)N1. The molecule has 1 heterocycles. The third-order valence-electron chi connectivity index (χ3n) is 5.77. The number of carbonyl (C=O) groups is 2. The van der Waals surface area contributed by atoms with E-state index < -0.39 is 16.8 Å². The maximum Gasteiger partial charge on any atom is 0.336 e. The van der Waals surface area contributed by atoms with Gasteiger partial charge in [-0.3, -0.25) is 14.9 Å². The van der Waals surface area contributed by atoms with Crippen molar-refractivity contribution in [2.24, 2.45) is 0 Å². The lowest BCUT2D eigenvalue weighted by Gasteiger charge is -2.33. The molecule has 8 heteroatoms. The summed E-state index contributed by atoms with van der Waals surface area (Å²) < 4.78 is 11.0. The largest absolute Gasteiger partial charge is 0.490 e. The van der Waals surface area contributed by atoms with Crippen molar-refractivity contribution in [1.29, 1.82) is 0 Å². The van der Waals surface area contributed by atoms with Gasteiger partial charge in [-0.2, -0.15) is 0 Å². The maximum atomic E-state index is 13.2. The van der Waals surface area contributed by atoms with Gasteiger partial charge in [-0.15, -0.1) is 0 Å². The van der Waals surface area contributed by atoms with Gasteiger partial charge in [0.25, 0.3) is 5.69 Å². The van der Waals surface area contributed by atoms with Crippen LogP contribution in [0.15, 0.2) is 77.1 Å². The van der Waals surface area contributed by atoms with E-state index in [1.807, 2.05) is 18.2 Å². The number of ketones is 1. The zero-order valence-corrected chi connectivity index (χ0v) is 18.2. The van der Waals surface area contributed by atoms with E-state index in [4.69, 9.17) is 9.47 Å². The van der Waals surface area contributed by atoms with Crippen molar-refractivity contribution in [2.45, 2.75) is 32.1 Å². The van der Waals surface area contributed by atoms with Gasteiger partial charge in [0.1, 0.15) is 19.0 Å². The molecule has 0 fully saturated rings. The van der Waals surface area contributed by atoms with Gasteiger partial charge in [-0.1, -0.05) is 36.4 Å². The third kappa shape index (κ3) is 4.64. The fourth-order valence-corrected chi connectivity index (χ4v) is 4.35. The van der Waals surface area contributed by atoms with Crippen molar-refractivity contribution >= 4 is 17.4 Å². The van der Waals surface area contributed by atoms with Gasteiger partial charge in [-0.05, 0) is 31.9 Å². The zero-order chi connectivity index (χ0) is 23.4. The van der Waals surface area contributed by atoms with Crippen molar-refractivity contribution in [3.63, 3.8) is 0 Å². The molecule has 0 saturated carbocycles. The molecule has 170 valence electrons. The molecule has 1 aliphatic heterocycles. The summed E-state index contributed by atoms with van der Waals surface area (Å²) >= 11 is 0. The molecule has 1 aliphatic carbocycles. The first kappa shape index (κ1) is 22.3. The minimum Gasteiger partial charge on any atom is -0.490 e. The number of nitrogens with one attached hydrogen (secondary N) is 1. The Morgan fingerprint density at radius 2 is 1.82 bits per heavy atom. The molecule has 2 aromatic rings. The van der Waals surface area contributed by atoms with E-state index in [1.54, 1.807) is 37.3 Å². The van der Waals surface area contributed by atoms with Gasteiger partial charge >= 0.3 is 5.97 Å². The summed E-state index contributed by atoms with van der Waals surface area (Å²) in [5.74, 6) is -0.955. The van der Waals surface area contributed by atoms with Crippen LogP contribution in [0.1, 0.15) is 37.7 Å². The second-order valence-corrected chi connectivity index (χ2v) is 7.88. The highest BCUT2D eigenvalue weighted by Gasteiger charge is 2.41. The van der Waals surface area contributed by atoms with E-state index in [9.17, 15) is 19.7 Å². The van der Waals surface area contributed by atoms with Crippen LogP contribution in [0, 0.1) is 10.1 Å². The topological polar surface area (TPSA) is 108 Å². The number of nitro benzene ring substituents is 1. The molecule has 0 amide bonds. The van der Waals surface area contributed by atoms with Crippen LogP contribution >= 0.6 is 0 Å². The van der Waals surface area contributed by atoms with Crippen molar-refractivity contribution < 1.29 is 24.0 Å². The Balaban J connectivity index is 1.63. The van der Waals surface area contributed by atoms with Crippen molar-refractivity contribution in [3.8, 4) is 5.75 Å². The van der Waals surface area contributed by atoms with Gasteiger partial charge in [0, 0.05) is 35.0 Å². The predicted molar refractivity (Wildman–Crippen MR) is 120 cm³/mol. The molecule has 33 heavy (non-hydrogen) atoms. The lowest BCUT2D eigenvalue weighted by molar-refractivity contribution is -0.385. The maximum absolute atomic E-state index is 13.2. The smallest absolute Gasteiger partial charge is 0.336 e. The minimum atomic E-state index is -0.863. The number of hydrogen-bond acceptors (Lipinski definition) is 7. The number of nitro groups is 1. The average Bonchev–Trinajstić information content (AvgIpc) is 2.81. The van der Waals surface area contributed by atoms with E-state index in [0.29, 0.717) is 41.8 Å². The Bertz CT molecular complexity index is 1150. The van der Waals surface area contributed by atoms with Crippen LogP contribution in [-0.2, 0) is 14.3 Å². The van der Waals surface area contributed by atoms with Crippen molar-refractivity contribution in [1.82, 2.24) is 5.32 Å². The Hall–Kier alpha value is -3.94. The monoisotopic (exact) mass is 448 g/mol. The second kappa shape index (κ2) is 9.68. The number of carbonyl (C=O) groups excluding carboxylic acids is 2. The first-order valence-corrected chi connectivity index (χ1v) is 10.8. The molecule has 0 radical (unpaired) electrons. The number of dihydropyridines is 1. The first-order chi connectivity index (χ1) is 16.0. The number of Topliss-reactive ketones (excluding diaryl/α,β-unsaturated/α-hetero) is 1. The fourth-order valence-electron chi connectivity index (χ4n) is 4.35. The summed E-state index contributed by atoms with van der Waals surface area (Å²) in [5, 5.41) is 14.9. The summed E-state index contributed by atoms with van der Waals surface area (Å²) in [6.45, 7) is 1.87. The Labute approximate surface area is 191 Å². The van der Waals surface area contributed by atoms with Crippen LogP contribution in [0.25, 0.3) is 0 Å². The number of ether oxygens (including phenoxy) is 2. The quantitative estimate of drug-likeness (QED) is 0.293. The van der Waals surface area contributed by atoms with Gasteiger partial charge in [-0.25, -0.2) is 4.79 Å². The standard InChI is InChI=1S/C25H24N2O6/c1-16-22(25(29)33-15-14-32-17-8-3-2-4-9-17)23(18-10-5-6-12-20(18)27(30)31)24-19(26-16)11-7-13-21(24)28/h2-6,8-10,12,23,26H,7,11,13-15H2,1H3. The Morgan fingerprint density at radius 1 is 1.09 bits per heavy atom. The number of benzene rings is 2. The number of esters is 1. The molecule has 8 nitrogen and oxygen atoms in total. The number of hydrogen-bond donors (Lipinski definition) is 1. The third-order valence-corrected chi connectivity index (χ3v) is 5.77.